The van der Waals surface area contributed by atoms with Crippen molar-refractivity contribution in [3.63, 3.8) is 0 Å². The maximum Gasteiger partial charge on any atom is 0.0147 e. The molecule has 0 aromatic carbocycles. The molecule has 0 saturated heterocycles. The summed E-state index contributed by atoms with van der Waals surface area (Å²) in [5, 5.41) is 3.43. The molecule has 3 nitrogen and oxygen atoms in total. The Balaban J connectivity index is 2.67. The smallest absolute Gasteiger partial charge is 0.0147 e. The molecule has 90 valence electrons. The molecule has 0 bridgehead atoms. The van der Waals surface area contributed by atoms with Gasteiger partial charge in [-0.2, -0.15) is 0 Å². The number of nitrogens with two attached hydrogens (primary N) is 2. The highest BCUT2D eigenvalue weighted by atomic mass is 14.9. The third kappa shape index (κ3) is 3.16. The first-order valence-corrected chi connectivity index (χ1v) is 6.23. The van der Waals surface area contributed by atoms with E-state index in [1.54, 1.807) is 0 Å². The summed E-state index contributed by atoms with van der Waals surface area (Å²) in [6.45, 7) is 5.32. The highest BCUT2D eigenvalue weighted by Crippen LogP contribution is 2.32. The molecular formula is C12H27N3. The van der Waals surface area contributed by atoms with Crippen LogP contribution in [0.3, 0.4) is 0 Å². The lowest BCUT2D eigenvalue weighted by Gasteiger charge is -2.42. The predicted molar refractivity (Wildman–Crippen MR) is 65.5 cm³/mol. The first-order valence-electron chi connectivity index (χ1n) is 6.23. The van der Waals surface area contributed by atoms with E-state index in [2.05, 4.69) is 19.2 Å². The average molecular weight is 213 g/mol. The molecule has 0 radical (unpaired) electrons. The van der Waals surface area contributed by atoms with Gasteiger partial charge >= 0.3 is 0 Å². The molecule has 0 aromatic heterocycles. The van der Waals surface area contributed by atoms with E-state index in [9.17, 15) is 0 Å². The van der Waals surface area contributed by atoms with E-state index >= 15 is 0 Å². The molecule has 3 heteroatoms. The van der Waals surface area contributed by atoms with E-state index in [1.165, 1.54) is 12.8 Å². The molecule has 1 rings (SSSR count). The molecule has 3 unspecified atom stereocenters. The van der Waals surface area contributed by atoms with Crippen molar-refractivity contribution in [3.05, 3.63) is 0 Å². The highest BCUT2D eigenvalue weighted by molar-refractivity contribution is 4.93. The summed E-state index contributed by atoms with van der Waals surface area (Å²) < 4.78 is 0. The lowest BCUT2D eigenvalue weighted by molar-refractivity contribution is 0.150. The van der Waals surface area contributed by atoms with Crippen LogP contribution in [0.2, 0.25) is 0 Å². The number of nitrogens with one attached hydrogen (secondary N) is 1. The molecule has 15 heavy (non-hydrogen) atoms. The zero-order valence-electron chi connectivity index (χ0n) is 10.4. The summed E-state index contributed by atoms with van der Waals surface area (Å²) in [6.07, 6.45) is 3.53. The van der Waals surface area contributed by atoms with E-state index in [0.29, 0.717) is 29.8 Å². The molecule has 1 aliphatic carbocycles. The van der Waals surface area contributed by atoms with Crippen molar-refractivity contribution in [2.24, 2.45) is 29.2 Å². The molecule has 5 N–H and O–H groups in total. The average Bonchev–Trinajstić information content (AvgIpc) is 2.20. The first-order chi connectivity index (χ1) is 7.10. The van der Waals surface area contributed by atoms with Crippen LogP contribution >= 0.6 is 0 Å². The number of rotatable bonds is 4. The summed E-state index contributed by atoms with van der Waals surface area (Å²) in [4.78, 5) is 0. The monoisotopic (exact) mass is 213 g/mol. The van der Waals surface area contributed by atoms with Crippen LogP contribution in [-0.2, 0) is 0 Å². The van der Waals surface area contributed by atoms with Crippen molar-refractivity contribution in [1.82, 2.24) is 5.32 Å². The zero-order chi connectivity index (χ0) is 11.4. The molecule has 0 aliphatic heterocycles. The van der Waals surface area contributed by atoms with Gasteiger partial charge in [-0.25, -0.2) is 0 Å². The topological polar surface area (TPSA) is 64.1 Å². The van der Waals surface area contributed by atoms with Crippen LogP contribution in [0.1, 0.15) is 33.1 Å². The third-order valence-electron chi connectivity index (χ3n) is 3.77. The van der Waals surface area contributed by atoms with Crippen molar-refractivity contribution in [1.29, 1.82) is 0 Å². The minimum atomic E-state index is 0.354. The van der Waals surface area contributed by atoms with Gasteiger partial charge in [-0.05, 0) is 50.6 Å². The van der Waals surface area contributed by atoms with E-state index in [4.69, 9.17) is 11.5 Å². The summed E-state index contributed by atoms with van der Waals surface area (Å²) >= 11 is 0. The van der Waals surface area contributed by atoms with Gasteiger partial charge in [-0.1, -0.05) is 13.8 Å². The van der Waals surface area contributed by atoms with Gasteiger partial charge in [0, 0.05) is 12.1 Å². The second-order valence-electron chi connectivity index (χ2n) is 5.34. The van der Waals surface area contributed by atoms with Crippen LogP contribution in [0, 0.1) is 17.8 Å². The molecule has 0 heterocycles. The van der Waals surface area contributed by atoms with Crippen LogP contribution in [-0.4, -0.2) is 25.7 Å². The van der Waals surface area contributed by atoms with E-state index in [0.717, 1.165) is 13.0 Å². The van der Waals surface area contributed by atoms with Gasteiger partial charge in [0.2, 0.25) is 0 Å². The maximum atomic E-state index is 6.23. The highest BCUT2D eigenvalue weighted by Gasteiger charge is 2.36. The fraction of sp³-hybridized carbons (Fsp3) is 1.00. The van der Waals surface area contributed by atoms with Crippen LogP contribution in [0.4, 0.5) is 0 Å². The molecule has 4 atom stereocenters. The molecule has 1 aliphatic rings. The van der Waals surface area contributed by atoms with Gasteiger partial charge in [0.15, 0.2) is 0 Å². The van der Waals surface area contributed by atoms with Gasteiger partial charge in [0.05, 0.1) is 0 Å². The van der Waals surface area contributed by atoms with Crippen molar-refractivity contribution in [2.45, 2.75) is 45.2 Å². The Bertz CT molecular complexity index is 182. The predicted octanol–water partition coefficient (Wildman–Crippen LogP) is 0.933. The SMILES string of the molecule is CNC1C(CN)CC[C@H](N)C1CC(C)C. The van der Waals surface area contributed by atoms with Crippen LogP contribution < -0.4 is 16.8 Å². The molecular weight excluding hydrogens is 186 g/mol. The Morgan fingerprint density at radius 1 is 1.33 bits per heavy atom. The van der Waals surface area contributed by atoms with Gasteiger partial charge in [0.25, 0.3) is 0 Å². The summed E-state index contributed by atoms with van der Waals surface area (Å²) in [5.74, 6) is 1.92. The first kappa shape index (κ1) is 12.9. The van der Waals surface area contributed by atoms with E-state index < -0.39 is 0 Å². The van der Waals surface area contributed by atoms with Gasteiger partial charge < -0.3 is 16.8 Å². The Morgan fingerprint density at radius 3 is 2.47 bits per heavy atom. The van der Waals surface area contributed by atoms with Crippen LogP contribution in [0.15, 0.2) is 0 Å². The van der Waals surface area contributed by atoms with Gasteiger partial charge in [-0.15, -0.1) is 0 Å². The second-order valence-corrected chi connectivity index (χ2v) is 5.34. The normalized spacial score (nSPS) is 37.2. The fourth-order valence-corrected chi connectivity index (χ4v) is 3.00. The Hall–Kier alpha value is -0.120. The largest absolute Gasteiger partial charge is 0.330 e. The summed E-state index contributed by atoms with van der Waals surface area (Å²) in [5.41, 5.74) is 12.1. The Morgan fingerprint density at radius 2 is 2.00 bits per heavy atom. The summed E-state index contributed by atoms with van der Waals surface area (Å²) in [7, 11) is 2.04. The quantitative estimate of drug-likeness (QED) is 0.651. The van der Waals surface area contributed by atoms with Crippen LogP contribution in [0.25, 0.3) is 0 Å². The molecule has 1 fully saturated rings. The molecule has 1 saturated carbocycles. The molecule has 0 amide bonds. The lowest BCUT2D eigenvalue weighted by Crippen LogP contribution is -2.54. The second kappa shape index (κ2) is 5.83. The molecule has 0 spiro atoms. The maximum absolute atomic E-state index is 6.23. The standard InChI is InChI=1S/C12H27N3/c1-8(2)6-10-11(14)5-4-9(7-13)12(10)15-3/h8-12,15H,4-7,13-14H2,1-3H3/t9?,10?,11-,12?/m0/s1. The Labute approximate surface area is 94.0 Å². The minimum absolute atomic E-state index is 0.354. The van der Waals surface area contributed by atoms with Gasteiger partial charge in [0.1, 0.15) is 0 Å². The van der Waals surface area contributed by atoms with Crippen molar-refractivity contribution < 1.29 is 0 Å². The third-order valence-corrected chi connectivity index (χ3v) is 3.77. The lowest BCUT2D eigenvalue weighted by atomic mass is 9.71. The van der Waals surface area contributed by atoms with Crippen LogP contribution in [0.5, 0.6) is 0 Å². The van der Waals surface area contributed by atoms with Gasteiger partial charge in [-0.3, -0.25) is 0 Å². The number of hydrogen-bond donors (Lipinski definition) is 3. The Kier molecular flexibility index (Phi) is 5.03. The van der Waals surface area contributed by atoms with E-state index in [-0.39, 0.29) is 0 Å². The summed E-state index contributed by atoms with van der Waals surface area (Å²) in [6, 6.07) is 0.869. The fourth-order valence-electron chi connectivity index (χ4n) is 3.00. The number of hydrogen-bond acceptors (Lipinski definition) is 3. The zero-order valence-corrected chi connectivity index (χ0v) is 10.4. The minimum Gasteiger partial charge on any atom is -0.330 e. The van der Waals surface area contributed by atoms with Crippen molar-refractivity contribution >= 4 is 0 Å². The van der Waals surface area contributed by atoms with E-state index in [1.807, 2.05) is 7.05 Å². The van der Waals surface area contributed by atoms with Crippen molar-refractivity contribution in [3.8, 4) is 0 Å². The van der Waals surface area contributed by atoms with Crippen molar-refractivity contribution in [2.75, 3.05) is 13.6 Å². The molecule has 0 aromatic rings.